The van der Waals surface area contributed by atoms with E-state index in [0.29, 0.717) is 12.7 Å². The molecule has 1 N–H and O–H groups in total. The maximum absolute atomic E-state index is 6.06. The number of rotatable bonds is 7. The molecule has 2 unspecified atom stereocenters. The van der Waals surface area contributed by atoms with Crippen LogP contribution in [0.15, 0.2) is 12.1 Å². The van der Waals surface area contributed by atoms with E-state index in [9.17, 15) is 0 Å². The van der Waals surface area contributed by atoms with E-state index in [0.717, 1.165) is 31.7 Å². The number of ether oxygens (including phenoxy) is 2. The Hall–Kier alpha value is -1.06. The van der Waals surface area contributed by atoms with Gasteiger partial charge in [-0.1, -0.05) is 19.1 Å². The fraction of sp³-hybridized carbons (Fsp3) is 0.667. The van der Waals surface area contributed by atoms with Crippen molar-refractivity contribution in [1.29, 1.82) is 0 Å². The van der Waals surface area contributed by atoms with Crippen molar-refractivity contribution in [3.05, 3.63) is 28.8 Å². The van der Waals surface area contributed by atoms with Crippen LogP contribution in [-0.2, 0) is 4.74 Å². The molecule has 118 valence electrons. The lowest BCUT2D eigenvalue weighted by Crippen LogP contribution is -2.28. The van der Waals surface area contributed by atoms with Crippen LogP contribution in [0, 0.1) is 20.8 Å². The second kappa shape index (κ2) is 7.81. The highest BCUT2D eigenvalue weighted by atomic mass is 16.5. The Balaban J connectivity index is 1.81. The molecule has 1 saturated heterocycles. The number of hydrogen-bond donors (Lipinski definition) is 1. The van der Waals surface area contributed by atoms with E-state index in [1.165, 1.54) is 23.1 Å². The Morgan fingerprint density at radius 2 is 1.86 bits per heavy atom. The van der Waals surface area contributed by atoms with Gasteiger partial charge in [-0.3, -0.25) is 0 Å². The average molecular weight is 291 g/mol. The summed E-state index contributed by atoms with van der Waals surface area (Å²) in [5.41, 5.74) is 3.73. The Bertz CT molecular complexity index is 459. The van der Waals surface area contributed by atoms with Crippen molar-refractivity contribution in [3.63, 3.8) is 0 Å². The summed E-state index contributed by atoms with van der Waals surface area (Å²) in [5.74, 6) is 1.03. The smallest absolute Gasteiger partial charge is 0.125 e. The van der Waals surface area contributed by atoms with Gasteiger partial charge in [0.25, 0.3) is 0 Å². The van der Waals surface area contributed by atoms with Crippen LogP contribution >= 0.6 is 0 Å². The van der Waals surface area contributed by atoms with E-state index in [1.807, 2.05) is 0 Å². The highest BCUT2D eigenvalue weighted by Gasteiger charge is 2.25. The van der Waals surface area contributed by atoms with E-state index in [2.05, 4.69) is 45.1 Å². The fourth-order valence-corrected chi connectivity index (χ4v) is 2.82. The van der Waals surface area contributed by atoms with Gasteiger partial charge in [-0.15, -0.1) is 0 Å². The van der Waals surface area contributed by atoms with Crippen LogP contribution in [0.3, 0.4) is 0 Å². The normalized spacial score (nSPS) is 21.7. The van der Waals surface area contributed by atoms with Crippen LogP contribution in [-0.4, -0.2) is 31.9 Å². The minimum absolute atomic E-state index is 0.234. The molecule has 3 heteroatoms. The molecule has 1 fully saturated rings. The van der Waals surface area contributed by atoms with Gasteiger partial charge in [0.05, 0.1) is 12.2 Å². The number of hydrogen-bond acceptors (Lipinski definition) is 3. The average Bonchev–Trinajstić information content (AvgIpc) is 2.91. The first-order valence-electron chi connectivity index (χ1n) is 8.17. The third-order valence-electron chi connectivity index (χ3n) is 4.28. The highest BCUT2D eigenvalue weighted by Crippen LogP contribution is 2.27. The van der Waals surface area contributed by atoms with Gasteiger partial charge >= 0.3 is 0 Å². The lowest BCUT2D eigenvalue weighted by molar-refractivity contribution is 0.0184. The molecule has 0 radical (unpaired) electrons. The first-order chi connectivity index (χ1) is 10.1. The van der Waals surface area contributed by atoms with Gasteiger partial charge in [-0.25, -0.2) is 0 Å². The van der Waals surface area contributed by atoms with Gasteiger partial charge in [-0.05, 0) is 63.3 Å². The van der Waals surface area contributed by atoms with Gasteiger partial charge in [0.1, 0.15) is 12.4 Å². The molecular formula is C18H29NO2. The quantitative estimate of drug-likeness (QED) is 0.780. The van der Waals surface area contributed by atoms with E-state index >= 15 is 0 Å². The van der Waals surface area contributed by atoms with E-state index in [1.54, 1.807) is 0 Å². The molecule has 0 aliphatic carbocycles. The molecule has 1 heterocycles. The molecule has 1 aliphatic rings. The summed E-state index contributed by atoms with van der Waals surface area (Å²) < 4.78 is 12.1. The number of nitrogens with one attached hydrogen (secondary N) is 1. The molecule has 0 aromatic heterocycles. The van der Waals surface area contributed by atoms with Crippen molar-refractivity contribution in [3.8, 4) is 5.75 Å². The predicted octanol–water partition coefficient (Wildman–Crippen LogP) is 3.54. The third-order valence-corrected chi connectivity index (χ3v) is 4.28. The zero-order valence-corrected chi connectivity index (χ0v) is 13.9. The second-order valence-corrected chi connectivity index (χ2v) is 6.13. The number of benzene rings is 1. The summed E-state index contributed by atoms with van der Waals surface area (Å²) in [4.78, 5) is 0. The molecule has 0 spiro atoms. The zero-order valence-electron chi connectivity index (χ0n) is 13.9. The van der Waals surface area contributed by atoms with Crippen molar-refractivity contribution in [1.82, 2.24) is 5.32 Å². The Morgan fingerprint density at radius 3 is 2.62 bits per heavy atom. The first-order valence-corrected chi connectivity index (χ1v) is 8.17. The maximum atomic E-state index is 6.06. The first kappa shape index (κ1) is 16.3. The lowest BCUT2D eigenvalue weighted by atomic mass is 10.1. The van der Waals surface area contributed by atoms with Crippen LogP contribution < -0.4 is 10.1 Å². The van der Waals surface area contributed by atoms with Crippen molar-refractivity contribution in [2.45, 2.75) is 59.2 Å². The van der Waals surface area contributed by atoms with E-state index < -0.39 is 0 Å². The van der Waals surface area contributed by atoms with Gasteiger partial charge < -0.3 is 14.8 Å². The molecule has 2 rings (SSSR count). The summed E-state index contributed by atoms with van der Waals surface area (Å²) in [5, 5.41) is 3.43. The molecule has 1 aromatic rings. The Kier molecular flexibility index (Phi) is 6.07. The van der Waals surface area contributed by atoms with Gasteiger partial charge in [0.2, 0.25) is 0 Å². The zero-order chi connectivity index (χ0) is 15.2. The SMILES string of the molecule is CCCNCC1CCC(COc2c(C)ccc(C)c2C)O1. The molecular weight excluding hydrogens is 262 g/mol. The molecule has 2 atom stereocenters. The molecule has 1 aromatic carbocycles. The summed E-state index contributed by atoms with van der Waals surface area (Å²) in [6.07, 6.45) is 3.99. The minimum Gasteiger partial charge on any atom is -0.490 e. The summed E-state index contributed by atoms with van der Waals surface area (Å²) in [6, 6.07) is 4.28. The van der Waals surface area contributed by atoms with Crippen LogP contribution in [0.25, 0.3) is 0 Å². The highest BCUT2D eigenvalue weighted by molar-refractivity contribution is 5.44. The topological polar surface area (TPSA) is 30.5 Å². The van der Waals surface area contributed by atoms with Crippen molar-refractivity contribution < 1.29 is 9.47 Å². The van der Waals surface area contributed by atoms with Crippen molar-refractivity contribution in [2.24, 2.45) is 0 Å². The van der Waals surface area contributed by atoms with Gasteiger partial charge in [0, 0.05) is 6.54 Å². The Morgan fingerprint density at radius 1 is 1.14 bits per heavy atom. The fourth-order valence-electron chi connectivity index (χ4n) is 2.82. The summed E-state index contributed by atoms with van der Waals surface area (Å²) in [6.45, 7) is 11.2. The monoisotopic (exact) mass is 291 g/mol. The van der Waals surface area contributed by atoms with E-state index in [-0.39, 0.29) is 6.10 Å². The van der Waals surface area contributed by atoms with Crippen LogP contribution in [0.2, 0.25) is 0 Å². The van der Waals surface area contributed by atoms with Gasteiger partial charge in [0.15, 0.2) is 0 Å². The summed E-state index contributed by atoms with van der Waals surface area (Å²) in [7, 11) is 0. The minimum atomic E-state index is 0.234. The molecule has 3 nitrogen and oxygen atoms in total. The van der Waals surface area contributed by atoms with Crippen molar-refractivity contribution in [2.75, 3.05) is 19.7 Å². The second-order valence-electron chi connectivity index (χ2n) is 6.13. The van der Waals surface area contributed by atoms with Crippen LogP contribution in [0.4, 0.5) is 0 Å². The standard InChI is InChI=1S/C18H29NO2/c1-5-10-19-11-16-8-9-17(21-16)12-20-18-14(3)7-6-13(2)15(18)4/h6-7,16-17,19H,5,8-12H2,1-4H3. The molecule has 0 amide bonds. The third kappa shape index (κ3) is 4.45. The maximum Gasteiger partial charge on any atom is 0.125 e. The largest absolute Gasteiger partial charge is 0.490 e. The van der Waals surface area contributed by atoms with Crippen molar-refractivity contribution >= 4 is 0 Å². The predicted molar refractivity (Wildman–Crippen MR) is 87.2 cm³/mol. The van der Waals surface area contributed by atoms with Gasteiger partial charge in [-0.2, -0.15) is 0 Å². The molecule has 1 aliphatic heterocycles. The number of aryl methyl sites for hydroxylation is 2. The lowest BCUT2D eigenvalue weighted by Gasteiger charge is -2.18. The van der Waals surface area contributed by atoms with Crippen LogP contribution in [0.5, 0.6) is 5.75 Å². The van der Waals surface area contributed by atoms with Crippen LogP contribution in [0.1, 0.15) is 42.9 Å². The summed E-state index contributed by atoms with van der Waals surface area (Å²) >= 11 is 0. The van der Waals surface area contributed by atoms with E-state index in [4.69, 9.17) is 9.47 Å². The molecule has 0 bridgehead atoms. The molecule has 21 heavy (non-hydrogen) atoms. The molecule has 0 saturated carbocycles. The Labute approximate surface area is 129 Å².